The Kier molecular flexibility index (Phi) is 6.73. The van der Waals surface area contributed by atoms with Crippen molar-refractivity contribution in [3.63, 3.8) is 0 Å². The highest BCUT2D eigenvalue weighted by atomic mass is 35.5. The van der Waals surface area contributed by atoms with Crippen molar-refractivity contribution in [2.75, 3.05) is 6.54 Å². The van der Waals surface area contributed by atoms with Crippen LogP contribution >= 0.6 is 11.6 Å². The molecule has 1 aromatic rings. The van der Waals surface area contributed by atoms with E-state index in [1.54, 1.807) is 0 Å². The average molecular weight is 268 g/mol. The van der Waals surface area contributed by atoms with E-state index in [0.29, 0.717) is 12.0 Å². The van der Waals surface area contributed by atoms with Gasteiger partial charge in [-0.05, 0) is 36.9 Å². The second kappa shape index (κ2) is 7.81. The lowest BCUT2D eigenvalue weighted by Gasteiger charge is -2.28. The topological polar surface area (TPSA) is 12.0 Å². The van der Waals surface area contributed by atoms with Crippen molar-refractivity contribution >= 4 is 11.6 Å². The number of hydrogen-bond acceptors (Lipinski definition) is 1. The van der Waals surface area contributed by atoms with Crippen molar-refractivity contribution in [3.8, 4) is 0 Å². The van der Waals surface area contributed by atoms with E-state index >= 15 is 0 Å². The van der Waals surface area contributed by atoms with E-state index in [9.17, 15) is 0 Å². The van der Waals surface area contributed by atoms with Gasteiger partial charge in [-0.1, -0.05) is 63.4 Å². The molecular formula is C16H26ClN. The summed E-state index contributed by atoms with van der Waals surface area (Å²) in [5, 5.41) is 4.60. The van der Waals surface area contributed by atoms with Crippen molar-refractivity contribution in [1.29, 1.82) is 0 Å². The summed E-state index contributed by atoms with van der Waals surface area (Å²) in [6, 6.07) is 6.74. The maximum atomic E-state index is 6.48. The van der Waals surface area contributed by atoms with Crippen LogP contribution < -0.4 is 5.32 Å². The normalized spacial score (nSPS) is 13.0. The smallest absolute Gasteiger partial charge is 0.0483 e. The maximum absolute atomic E-state index is 6.48. The van der Waals surface area contributed by atoms with Gasteiger partial charge < -0.3 is 5.32 Å². The summed E-state index contributed by atoms with van der Waals surface area (Å²) in [5.41, 5.74) is 2.43. The molecule has 0 spiro atoms. The number of nitrogens with one attached hydrogen (secondary N) is 1. The van der Waals surface area contributed by atoms with Crippen molar-refractivity contribution in [2.45, 2.75) is 53.0 Å². The zero-order chi connectivity index (χ0) is 13.5. The van der Waals surface area contributed by atoms with E-state index in [4.69, 9.17) is 11.6 Å². The van der Waals surface area contributed by atoms with E-state index in [0.717, 1.165) is 18.0 Å². The van der Waals surface area contributed by atoms with Gasteiger partial charge in [0.1, 0.15) is 0 Å². The third-order valence-electron chi connectivity index (χ3n) is 3.69. The van der Waals surface area contributed by atoms with Gasteiger partial charge in [0.2, 0.25) is 0 Å². The number of benzene rings is 1. The van der Waals surface area contributed by atoms with Crippen LogP contribution in [0.15, 0.2) is 18.2 Å². The average Bonchev–Trinajstić information content (AvgIpc) is 2.38. The molecule has 1 aromatic carbocycles. The van der Waals surface area contributed by atoms with Crippen LogP contribution in [-0.4, -0.2) is 6.54 Å². The van der Waals surface area contributed by atoms with Crippen molar-refractivity contribution < 1.29 is 0 Å². The third kappa shape index (κ3) is 3.73. The van der Waals surface area contributed by atoms with Crippen LogP contribution in [0.4, 0.5) is 0 Å². The van der Waals surface area contributed by atoms with Crippen LogP contribution in [0.1, 0.15) is 57.2 Å². The number of rotatable bonds is 7. The Labute approximate surface area is 117 Å². The summed E-state index contributed by atoms with van der Waals surface area (Å²) in [5.74, 6) is 0.649. The molecule has 0 saturated carbocycles. The minimum atomic E-state index is 0.382. The standard InChI is InChI=1S/C16H26ClN/c1-5-11-18-16(13(6-2)7-3)14-10-8-9-12(4)15(14)17/h8-10,13,16,18H,5-7,11H2,1-4H3. The summed E-state index contributed by atoms with van der Waals surface area (Å²) >= 11 is 6.48. The van der Waals surface area contributed by atoms with Crippen molar-refractivity contribution in [2.24, 2.45) is 5.92 Å². The fourth-order valence-corrected chi connectivity index (χ4v) is 2.74. The summed E-state index contributed by atoms with van der Waals surface area (Å²) in [4.78, 5) is 0. The first-order chi connectivity index (χ1) is 8.65. The quantitative estimate of drug-likeness (QED) is 0.723. The Morgan fingerprint density at radius 3 is 2.39 bits per heavy atom. The molecule has 0 aliphatic carbocycles. The Hall–Kier alpha value is -0.530. The summed E-state index contributed by atoms with van der Waals surface area (Å²) in [6.07, 6.45) is 3.52. The van der Waals surface area contributed by atoms with Gasteiger partial charge in [-0.15, -0.1) is 0 Å². The molecule has 0 fully saturated rings. The molecule has 18 heavy (non-hydrogen) atoms. The molecule has 1 nitrogen and oxygen atoms in total. The Morgan fingerprint density at radius 2 is 1.83 bits per heavy atom. The molecule has 1 N–H and O–H groups in total. The second-order valence-electron chi connectivity index (χ2n) is 4.99. The van der Waals surface area contributed by atoms with Gasteiger partial charge in [0.25, 0.3) is 0 Å². The molecule has 2 heteroatoms. The number of hydrogen-bond donors (Lipinski definition) is 1. The predicted molar refractivity (Wildman–Crippen MR) is 81.3 cm³/mol. The summed E-state index contributed by atoms with van der Waals surface area (Å²) in [7, 11) is 0. The fourth-order valence-electron chi connectivity index (χ4n) is 2.50. The van der Waals surface area contributed by atoms with Crippen LogP contribution in [0.25, 0.3) is 0 Å². The molecule has 0 aromatic heterocycles. The van der Waals surface area contributed by atoms with Gasteiger partial charge in [-0.25, -0.2) is 0 Å². The summed E-state index contributed by atoms with van der Waals surface area (Å²) in [6.45, 7) is 9.85. The van der Waals surface area contributed by atoms with E-state index in [1.165, 1.54) is 24.0 Å². The van der Waals surface area contributed by atoms with E-state index < -0.39 is 0 Å². The van der Waals surface area contributed by atoms with Gasteiger partial charge in [0.15, 0.2) is 0 Å². The monoisotopic (exact) mass is 267 g/mol. The molecule has 0 saturated heterocycles. The molecular weight excluding hydrogens is 242 g/mol. The fraction of sp³-hybridized carbons (Fsp3) is 0.625. The van der Waals surface area contributed by atoms with Crippen LogP contribution in [-0.2, 0) is 0 Å². The highest BCUT2D eigenvalue weighted by Gasteiger charge is 2.22. The van der Waals surface area contributed by atoms with Gasteiger partial charge >= 0.3 is 0 Å². The third-order valence-corrected chi connectivity index (χ3v) is 4.21. The molecule has 1 rings (SSSR count). The molecule has 0 bridgehead atoms. The Balaban J connectivity index is 3.04. The molecule has 0 aliphatic heterocycles. The van der Waals surface area contributed by atoms with Crippen LogP contribution in [0.3, 0.4) is 0 Å². The lowest BCUT2D eigenvalue weighted by Crippen LogP contribution is -2.29. The van der Waals surface area contributed by atoms with Gasteiger partial charge in [0, 0.05) is 11.1 Å². The first kappa shape index (κ1) is 15.5. The first-order valence-electron chi connectivity index (χ1n) is 7.14. The number of aryl methyl sites for hydroxylation is 1. The van der Waals surface area contributed by atoms with Crippen molar-refractivity contribution in [3.05, 3.63) is 34.3 Å². The van der Waals surface area contributed by atoms with E-state index in [2.05, 4.69) is 51.2 Å². The van der Waals surface area contributed by atoms with Gasteiger partial charge in [-0.3, -0.25) is 0 Å². The minimum Gasteiger partial charge on any atom is -0.310 e. The number of halogens is 1. The Morgan fingerprint density at radius 1 is 1.17 bits per heavy atom. The van der Waals surface area contributed by atoms with E-state index in [1.807, 2.05) is 0 Å². The highest BCUT2D eigenvalue weighted by Crippen LogP contribution is 2.33. The SMILES string of the molecule is CCCNC(c1cccc(C)c1Cl)C(CC)CC. The summed E-state index contributed by atoms with van der Waals surface area (Å²) < 4.78 is 0. The lowest BCUT2D eigenvalue weighted by molar-refractivity contribution is 0.341. The maximum Gasteiger partial charge on any atom is 0.0483 e. The molecule has 0 heterocycles. The van der Waals surface area contributed by atoms with Gasteiger partial charge in [0.05, 0.1) is 0 Å². The molecule has 0 amide bonds. The molecule has 1 atom stereocenters. The largest absolute Gasteiger partial charge is 0.310 e. The zero-order valence-electron chi connectivity index (χ0n) is 12.1. The first-order valence-corrected chi connectivity index (χ1v) is 7.51. The molecule has 0 radical (unpaired) electrons. The van der Waals surface area contributed by atoms with Crippen LogP contribution in [0.5, 0.6) is 0 Å². The Bertz CT molecular complexity index is 358. The zero-order valence-corrected chi connectivity index (χ0v) is 12.8. The molecule has 102 valence electrons. The van der Waals surface area contributed by atoms with Crippen LogP contribution in [0.2, 0.25) is 5.02 Å². The lowest BCUT2D eigenvalue weighted by atomic mass is 9.88. The second-order valence-corrected chi connectivity index (χ2v) is 5.36. The van der Waals surface area contributed by atoms with Crippen LogP contribution in [0, 0.1) is 12.8 Å². The predicted octanol–water partition coefficient (Wildman–Crippen LogP) is 5.13. The van der Waals surface area contributed by atoms with Crippen molar-refractivity contribution in [1.82, 2.24) is 5.32 Å². The molecule has 1 unspecified atom stereocenters. The highest BCUT2D eigenvalue weighted by molar-refractivity contribution is 6.32. The molecule has 0 aliphatic rings. The van der Waals surface area contributed by atoms with Gasteiger partial charge in [-0.2, -0.15) is 0 Å². The van der Waals surface area contributed by atoms with E-state index in [-0.39, 0.29) is 0 Å². The minimum absolute atomic E-state index is 0.382.